The van der Waals surface area contributed by atoms with Gasteiger partial charge in [0.2, 0.25) is 0 Å². The van der Waals surface area contributed by atoms with Crippen LogP contribution < -0.4 is 5.32 Å². The summed E-state index contributed by atoms with van der Waals surface area (Å²) < 4.78 is 13.0. The average molecular weight is 342 g/mol. The van der Waals surface area contributed by atoms with Crippen LogP contribution in [0.25, 0.3) is 5.57 Å². The van der Waals surface area contributed by atoms with E-state index in [2.05, 4.69) is 27.2 Å². The lowest BCUT2D eigenvalue weighted by Gasteiger charge is -2.15. The highest BCUT2D eigenvalue weighted by molar-refractivity contribution is 5.93. The maximum absolute atomic E-state index is 13.0. The molecule has 1 atom stereocenters. The lowest BCUT2D eigenvalue weighted by atomic mass is 10.1. The van der Waals surface area contributed by atoms with Crippen molar-refractivity contribution in [2.75, 3.05) is 6.61 Å². The monoisotopic (exact) mass is 342 g/mol. The van der Waals surface area contributed by atoms with Crippen LogP contribution in [0.3, 0.4) is 0 Å². The van der Waals surface area contributed by atoms with Gasteiger partial charge in [-0.1, -0.05) is 18.2 Å². The molecule has 3 N–H and O–H groups in total. The standard InChI is InChI=1S/C18H19FN4O2/c1-3-12(8-9-20-2)15-10-16(23-22-15)18(25)21-17(11-24)13-4-6-14(19)7-5-13/h3-10,17,24H,2,11H2,1H3,(H,21,25)(H,22,23)/b9-8-,12-3+. The minimum atomic E-state index is -0.653. The van der Waals surface area contributed by atoms with E-state index in [-0.39, 0.29) is 18.1 Å². The minimum Gasteiger partial charge on any atom is -0.394 e. The predicted molar refractivity (Wildman–Crippen MR) is 94.6 cm³/mol. The molecule has 0 spiro atoms. The van der Waals surface area contributed by atoms with E-state index in [1.54, 1.807) is 12.1 Å². The fraction of sp³-hybridized carbons (Fsp3) is 0.167. The van der Waals surface area contributed by atoms with Crippen LogP contribution in [0.4, 0.5) is 4.39 Å². The molecule has 0 bridgehead atoms. The second-order valence-corrected chi connectivity index (χ2v) is 5.17. The van der Waals surface area contributed by atoms with Gasteiger partial charge in [-0.3, -0.25) is 14.9 Å². The zero-order chi connectivity index (χ0) is 18.2. The molecular formula is C18H19FN4O2. The summed E-state index contributed by atoms with van der Waals surface area (Å²) in [5.41, 5.74) is 2.23. The lowest BCUT2D eigenvalue weighted by molar-refractivity contribution is 0.0911. The Morgan fingerprint density at radius 1 is 1.48 bits per heavy atom. The van der Waals surface area contributed by atoms with Crippen LogP contribution in [0.15, 0.2) is 53.7 Å². The van der Waals surface area contributed by atoms with E-state index in [9.17, 15) is 14.3 Å². The Kier molecular flexibility index (Phi) is 6.36. The van der Waals surface area contributed by atoms with Gasteiger partial charge in [-0.2, -0.15) is 5.10 Å². The molecular weight excluding hydrogens is 323 g/mol. The first-order valence-corrected chi connectivity index (χ1v) is 7.60. The van der Waals surface area contributed by atoms with Crippen molar-refractivity contribution in [2.45, 2.75) is 13.0 Å². The van der Waals surface area contributed by atoms with Crippen molar-refractivity contribution >= 4 is 18.2 Å². The van der Waals surface area contributed by atoms with Gasteiger partial charge in [0.1, 0.15) is 5.82 Å². The van der Waals surface area contributed by atoms with E-state index in [4.69, 9.17) is 0 Å². The van der Waals surface area contributed by atoms with Crippen LogP contribution in [-0.4, -0.2) is 34.5 Å². The van der Waals surface area contributed by atoms with Crippen LogP contribution in [0, 0.1) is 5.82 Å². The maximum atomic E-state index is 13.0. The number of hydrogen-bond donors (Lipinski definition) is 3. The number of hydrogen-bond acceptors (Lipinski definition) is 4. The number of aromatic nitrogens is 2. The highest BCUT2D eigenvalue weighted by Crippen LogP contribution is 2.17. The minimum absolute atomic E-state index is 0.176. The molecule has 1 amide bonds. The van der Waals surface area contributed by atoms with Gasteiger partial charge in [0.25, 0.3) is 5.91 Å². The molecule has 1 heterocycles. The smallest absolute Gasteiger partial charge is 0.272 e. The molecule has 6 nitrogen and oxygen atoms in total. The molecule has 0 aliphatic heterocycles. The first-order chi connectivity index (χ1) is 12.1. The molecule has 0 aliphatic rings. The molecule has 1 aromatic carbocycles. The van der Waals surface area contributed by atoms with Crippen LogP contribution >= 0.6 is 0 Å². The van der Waals surface area contributed by atoms with Gasteiger partial charge in [0.15, 0.2) is 5.69 Å². The molecule has 1 unspecified atom stereocenters. The number of carbonyl (C=O) groups is 1. The number of halogens is 1. The van der Waals surface area contributed by atoms with Crippen molar-refractivity contribution in [3.63, 3.8) is 0 Å². The zero-order valence-corrected chi connectivity index (χ0v) is 13.7. The topological polar surface area (TPSA) is 90.4 Å². The summed E-state index contributed by atoms with van der Waals surface area (Å²) >= 11 is 0. The summed E-state index contributed by atoms with van der Waals surface area (Å²) in [7, 11) is 0. The van der Waals surface area contributed by atoms with E-state index >= 15 is 0 Å². The number of aliphatic imine (C=N–C) groups is 1. The number of aliphatic hydroxyl groups is 1. The molecule has 7 heteroatoms. The third-order valence-corrected chi connectivity index (χ3v) is 3.55. The Balaban J connectivity index is 2.13. The van der Waals surface area contributed by atoms with Crippen LogP contribution in [0.2, 0.25) is 0 Å². The predicted octanol–water partition coefficient (Wildman–Crippen LogP) is 2.63. The van der Waals surface area contributed by atoms with E-state index in [1.807, 2.05) is 13.0 Å². The Morgan fingerprint density at radius 2 is 2.20 bits per heavy atom. The molecule has 0 radical (unpaired) electrons. The third kappa shape index (κ3) is 4.71. The largest absolute Gasteiger partial charge is 0.394 e. The number of allylic oxidation sites excluding steroid dienone is 3. The van der Waals surface area contributed by atoms with Gasteiger partial charge in [0, 0.05) is 6.20 Å². The van der Waals surface area contributed by atoms with Gasteiger partial charge in [-0.05, 0) is 49.1 Å². The van der Waals surface area contributed by atoms with Crippen LogP contribution in [-0.2, 0) is 0 Å². The van der Waals surface area contributed by atoms with Crippen LogP contribution in [0.5, 0.6) is 0 Å². The Morgan fingerprint density at radius 3 is 2.80 bits per heavy atom. The molecule has 0 saturated heterocycles. The number of benzene rings is 1. The fourth-order valence-corrected chi connectivity index (χ4v) is 2.22. The second kappa shape index (κ2) is 8.70. The Bertz CT molecular complexity index is 794. The molecule has 0 fully saturated rings. The molecule has 2 rings (SSSR count). The van der Waals surface area contributed by atoms with E-state index in [0.717, 1.165) is 5.57 Å². The first-order valence-electron chi connectivity index (χ1n) is 7.60. The quantitative estimate of drug-likeness (QED) is 0.534. The first kappa shape index (κ1) is 18.3. The number of aliphatic hydroxyl groups excluding tert-OH is 1. The van der Waals surface area contributed by atoms with Gasteiger partial charge in [-0.15, -0.1) is 0 Å². The molecule has 2 aromatic rings. The number of carbonyl (C=O) groups excluding carboxylic acids is 1. The van der Waals surface area contributed by atoms with E-state index in [1.165, 1.54) is 30.5 Å². The summed E-state index contributed by atoms with van der Waals surface area (Å²) in [6, 6.07) is 6.51. The highest BCUT2D eigenvalue weighted by Gasteiger charge is 2.17. The van der Waals surface area contributed by atoms with Crippen molar-refractivity contribution in [3.05, 3.63) is 71.5 Å². The van der Waals surface area contributed by atoms with E-state index < -0.39 is 11.9 Å². The summed E-state index contributed by atoms with van der Waals surface area (Å²) in [6.45, 7) is 4.90. The highest BCUT2D eigenvalue weighted by atomic mass is 19.1. The van der Waals surface area contributed by atoms with Gasteiger partial charge in [-0.25, -0.2) is 4.39 Å². The fourth-order valence-electron chi connectivity index (χ4n) is 2.22. The molecule has 1 aromatic heterocycles. The van der Waals surface area contributed by atoms with E-state index in [0.29, 0.717) is 11.3 Å². The molecule has 0 aliphatic carbocycles. The average Bonchev–Trinajstić information content (AvgIpc) is 3.11. The number of nitrogens with one attached hydrogen (secondary N) is 2. The van der Waals surface area contributed by atoms with Crippen molar-refractivity contribution in [2.24, 2.45) is 4.99 Å². The molecule has 0 saturated carbocycles. The van der Waals surface area contributed by atoms with Gasteiger partial charge in [0.05, 0.1) is 18.3 Å². The normalized spacial score (nSPS) is 13.0. The molecule has 25 heavy (non-hydrogen) atoms. The number of nitrogens with zero attached hydrogens (tertiary/aromatic N) is 2. The Labute approximate surface area is 144 Å². The SMILES string of the molecule is C=N/C=C\C(=C/C)c1cc(C(=O)NC(CO)c2ccc(F)cc2)n[nH]1. The number of H-pyrrole nitrogens is 1. The number of rotatable bonds is 7. The maximum Gasteiger partial charge on any atom is 0.272 e. The van der Waals surface area contributed by atoms with Crippen molar-refractivity contribution in [3.8, 4) is 0 Å². The third-order valence-electron chi connectivity index (χ3n) is 3.55. The van der Waals surface area contributed by atoms with Crippen molar-refractivity contribution in [1.82, 2.24) is 15.5 Å². The van der Waals surface area contributed by atoms with Gasteiger partial charge < -0.3 is 10.4 Å². The summed E-state index contributed by atoms with van der Waals surface area (Å²) in [5.74, 6) is -0.836. The lowest BCUT2D eigenvalue weighted by Crippen LogP contribution is -2.31. The number of amides is 1. The summed E-state index contributed by atoms with van der Waals surface area (Å²) in [4.78, 5) is 16.0. The summed E-state index contributed by atoms with van der Waals surface area (Å²) in [5, 5.41) is 18.9. The second-order valence-electron chi connectivity index (χ2n) is 5.17. The van der Waals surface area contributed by atoms with Crippen molar-refractivity contribution in [1.29, 1.82) is 0 Å². The number of aromatic amines is 1. The van der Waals surface area contributed by atoms with Gasteiger partial charge >= 0.3 is 0 Å². The summed E-state index contributed by atoms with van der Waals surface area (Å²) in [6.07, 6.45) is 5.11. The van der Waals surface area contributed by atoms with Crippen molar-refractivity contribution < 1.29 is 14.3 Å². The zero-order valence-electron chi connectivity index (χ0n) is 13.7. The van der Waals surface area contributed by atoms with Crippen LogP contribution in [0.1, 0.15) is 34.7 Å². The Hall–Kier alpha value is -3.06. The molecule has 130 valence electrons.